The van der Waals surface area contributed by atoms with Gasteiger partial charge in [0, 0.05) is 75.4 Å². The Morgan fingerprint density at radius 3 is 1.49 bits per heavy atom. The molecule has 0 bridgehead atoms. The third kappa shape index (κ3) is 10.0. The molecule has 7 rings (SSSR count). The molecule has 13 heteroatoms. The van der Waals surface area contributed by atoms with E-state index in [1.807, 2.05) is 23.1 Å². The number of halogens is 4. The van der Waals surface area contributed by atoms with E-state index in [4.69, 9.17) is 9.72 Å². The summed E-state index contributed by atoms with van der Waals surface area (Å²) in [7, 11) is 1.72. The maximum atomic E-state index is 13.6. The van der Waals surface area contributed by atoms with Gasteiger partial charge in [-0.1, -0.05) is 41.5 Å². The van der Waals surface area contributed by atoms with Crippen LogP contribution in [0.15, 0.2) is 36.4 Å². The third-order valence-corrected chi connectivity index (χ3v) is 11.9. The Labute approximate surface area is 333 Å². The van der Waals surface area contributed by atoms with Crippen LogP contribution in [0.25, 0.3) is 22.1 Å². The molecule has 2 saturated carbocycles. The molecular weight excluding hydrogens is 739 g/mol. The Balaban J connectivity index is 0.000000199. The van der Waals surface area contributed by atoms with Crippen molar-refractivity contribution in [3.05, 3.63) is 59.2 Å². The normalized spacial score (nSPS) is 19.8. The fourth-order valence-electron chi connectivity index (χ4n) is 8.60. The van der Waals surface area contributed by atoms with Crippen molar-refractivity contribution >= 4 is 33.9 Å². The summed E-state index contributed by atoms with van der Waals surface area (Å²) in [5.74, 6) is -3.79. The van der Waals surface area contributed by atoms with E-state index in [9.17, 15) is 32.3 Å². The molecule has 1 aliphatic heterocycles. The number of nitrogens with zero attached hydrogens (tertiary/aromatic N) is 5. The van der Waals surface area contributed by atoms with Gasteiger partial charge in [-0.15, -0.1) is 0 Å². The molecule has 1 saturated heterocycles. The second-order valence-electron chi connectivity index (χ2n) is 18.6. The molecule has 9 nitrogen and oxygen atoms in total. The molecule has 0 radical (unpaired) electrons. The summed E-state index contributed by atoms with van der Waals surface area (Å²) in [6, 6.07) is 10.7. The molecule has 1 N–H and O–H groups in total. The lowest BCUT2D eigenvalue weighted by atomic mass is 9.86. The summed E-state index contributed by atoms with van der Waals surface area (Å²) >= 11 is 0. The molecule has 0 spiro atoms. The number of likely N-dealkylation sites (tertiary alicyclic amines) is 1. The van der Waals surface area contributed by atoms with Gasteiger partial charge in [-0.25, -0.2) is 32.3 Å². The maximum Gasteiger partial charge on any atom is 0.335 e. The number of ether oxygens (including phenoxy) is 1. The van der Waals surface area contributed by atoms with Crippen LogP contribution in [0, 0.1) is 11.8 Å². The van der Waals surface area contributed by atoms with Crippen LogP contribution >= 0.6 is 0 Å². The first kappa shape index (κ1) is 42.6. The van der Waals surface area contributed by atoms with E-state index in [1.165, 1.54) is 0 Å². The highest BCUT2D eigenvalue weighted by atomic mass is 19.3. The number of alkyl halides is 4. The number of carboxylic acids is 1. The summed E-state index contributed by atoms with van der Waals surface area (Å²) in [6.07, 6.45) is 3.83. The predicted molar refractivity (Wildman–Crippen MR) is 214 cm³/mol. The Kier molecular flexibility index (Phi) is 12.2. The minimum absolute atomic E-state index is 0.0304. The van der Waals surface area contributed by atoms with Crippen LogP contribution in [0.3, 0.4) is 0 Å². The predicted octanol–water partition coefficient (Wildman–Crippen LogP) is 10.3. The smallest absolute Gasteiger partial charge is 0.335 e. The number of piperidine rings is 1. The number of imidazole rings is 2. The number of carbonyl (C=O) groups excluding carboxylic acids is 1. The molecule has 0 unspecified atom stereocenters. The SMILES string of the molecule is CC(C)(C)c1nc2cc(C(=O)O)ccc2n1CC1CCC(F)(F)CC1.COC1CCN(C(=O)c2ccc3c(c2)nc(C(C)(C)C)n3CC2CCC(F)(F)CC2)CC1. The van der Waals surface area contributed by atoms with E-state index in [0.29, 0.717) is 62.9 Å². The first-order chi connectivity index (χ1) is 26.6. The van der Waals surface area contributed by atoms with E-state index in [-0.39, 0.29) is 65.9 Å². The zero-order valence-electron chi connectivity index (χ0n) is 34.5. The Hall–Kier alpha value is -4.00. The maximum absolute atomic E-state index is 13.6. The van der Waals surface area contributed by atoms with E-state index >= 15 is 0 Å². The van der Waals surface area contributed by atoms with Crippen LogP contribution in [-0.2, 0) is 28.7 Å². The molecular formula is C44H59F4N5O4. The number of methoxy groups -OCH3 is 1. The van der Waals surface area contributed by atoms with Crippen LogP contribution in [0.5, 0.6) is 0 Å². The first-order valence-electron chi connectivity index (χ1n) is 20.5. The van der Waals surface area contributed by atoms with Crippen LogP contribution in [0.1, 0.15) is 138 Å². The Bertz CT molecular complexity index is 2050. The van der Waals surface area contributed by atoms with E-state index in [1.54, 1.807) is 25.3 Å². The average Bonchev–Trinajstić information content (AvgIpc) is 3.71. The summed E-state index contributed by atoms with van der Waals surface area (Å²) < 4.78 is 63.8. The fourth-order valence-corrected chi connectivity index (χ4v) is 8.60. The van der Waals surface area contributed by atoms with Crippen molar-refractivity contribution in [3.8, 4) is 0 Å². The lowest BCUT2D eigenvalue weighted by Gasteiger charge is -2.31. The van der Waals surface area contributed by atoms with Gasteiger partial charge in [0.05, 0.1) is 33.7 Å². The highest BCUT2D eigenvalue weighted by molar-refractivity contribution is 5.97. The van der Waals surface area contributed by atoms with Crippen LogP contribution < -0.4 is 0 Å². The Morgan fingerprint density at radius 2 is 1.11 bits per heavy atom. The number of fused-ring (bicyclic) bond motifs is 2. The van der Waals surface area contributed by atoms with E-state index < -0.39 is 17.8 Å². The lowest BCUT2D eigenvalue weighted by molar-refractivity contribution is -0.0478. The lowest BCUT2D eigenvalue weighted by Crippen LogP contribution is -2.40. The van der Waals surface area contributed by atoms with Crippen LogP contribution in [-0.4, -0.2) is 79.1 Å². The number of benzene rings is 2. The van der Waals surface area contributed by atoms with Crippen molar-refractivity contribution < 1.29 is 37.0 Å². The fraction of sp³-hybridized carbons (Fsp3) is 0.636. The molecule has 0 atom stereocenters. The molecule has 2 aromatic heterocycles. The quantitative estimate of drug-likeness (QED) is 0.187. The standard InChI is InChI=1S/C25H35F2N3O2.C19H24F2N2O2/c1-24(2,3)23-28-20-15-18(22(31)29-13-9-19(32-4)10-14-29)5-6-21(20)30(23)16-17-7-11-25(26,27)12-8-17;1-18(2,3)17-22-14-10-13(16(24)25)4-5-15(14)23(17)11-12-6-8-19(20,21)9-7-12/h5-6,15,17,19H,7-14,16H2,1-4H3;4-5,10,12H,6-9,11H2,1-3H3,(H,24,25). The minimum Gasteiger partial charge on any atom is -0.478 e. The zero-order chi connectivity index (χ0) is 41.5. The number of aromatic carboxylic acids is 1. The number of carboxylic acid groups (broad SMARTS) is 1. The van der Waals surface area contributed by atoms with Crippen molar-refractivity contribution in [2.45, 2.75) is 148 Å². The number of aromatic nitrogens is 4. The van der Waals surface area contributed by atoms with Crippen LogP contribution in [0.2, 0.25) is 0 Å². The molecule has 3 aliphatic rings. The molecule has 2 aromatic carbocycles. The largest absolute Gasteiger partial charge is 0.478 e. The molecule has 3 fully saturated rings. The second kappa shape index (κ2) is 16.3. The highest BCUT2D eigenvalue weighted by Crippen LogP contribution is 2.40. The van der Waals surface area contributed by atoms with E-state index in [0.717, 1.165) is 41.0 Å². The van der Waals surface area contributed by atoms with Crippen molar-refractivity contribution in [2.75, 3.05) is 20.2 Å². The van der Waals surface area contributed by atoms with Crippen molar-refractivity contribution in [2.24, 2.45) is 11.8 Å². The topological polar surface area (TPSA) is 102 Å². The van der Waals surface area contributed by atoms with Gasteiger partial charge in [0.15, 0.2) is 0 Å². The third-order valence-electron chi connectivity index (χ3n) is 11.9. The van der Waals surface area contributed by atoms with Crippen molar-refractivity contribution in [1.82, 2.24) is 24.0 Å². The Morgan fingerprint density at radius 1 is 0.702 bits per heavy atom. The number of carbonyl (C=O) groups is 2. The highest BCUT2D eigenvalue weighted by Gasteiger charge is 2.37. The second-order valence-corrected chi connectivity index (χ2v) is 18.6. The van der Waals surface area contributed by atoms with Gasteiger partial charge < -0.3 is 23.9 Å². The summed E-state index contributed by atoms with van der Waals surface area (Å²) in [5.41, 5.74) is 3.73. The number of amides is 1. The van der Waals surface area contributed by atoms with E-state index in [2.05, 4.69) is 55.7 Å². The van der Waals surface area contributed by atoms with Crippen LogP contribution in [0.4, 0.5) is 17.6 Å². The van der Waals surface area contributed by atoms with Gasteiger partial charge in [0.25, 0.3) is 5.91 Å². The summed E-state index contributed by atoms with van der Waals surface area (Å²) in [5, 5.41) is 9.18. The number of rotatable bonds is 7. The van der Waals surface area contributed by atoms with Gasteiger partial charge in [0.1, 0.15) is 11.6 Å². The zero-order valence-corrected chi connectivity index (χ0v) is 34.5. The minimum atomic E-state index is -2.53. The van der Waals surface area contributed by atoms with Gasteiger partial charge in [0.2, 0.25) is 11.8 Å². The average molecular weight is 798 g/mol. The van der Waals surface area contributed by atoms with Gasteiger partial charge in [-0.05, 0) is 86.8 Å². The first-order valence-corrected chi connectivity index (χ1v) is 20.5. The molecule has 1 amide bonds. The molecule has 57 heavy (non-hydrogen) atoms. The number of hydrogen-bond donors (Lipinski definition) is 1. The van der Waals surface area contributed by atoms with Gasteiger partial charge >= 0.3 is 5.97 Å². The van der Waals surface area contributed by atoms with Crippen molar-refractivity contribution in [1.29, 1.82) is 0 Å². The number of hydrogen-bond acceptors (Lipinski definition) is 5. The monoisotopic (exact) mass is 797 g/mol. The van der Waals surface area contributed by atoms with Crippen molar-refractivity contribution in [3.63, 3.8) is 0 Å². The van der Waals surface area contributed by atoms with Gasteiger partial charge in [-0.2, -0.15) is 0 Å². The molecule has 312 valence electrons. The summed E-state index contributed by atoms with van der Waals surface area (Å²) in [6.45, 7) is 15.2. The molecule has 4 aromatic rings. The molecule has 3 heterocycles. The van der Waals surface area contributed by atoms with Gasteiger partial charge in [-0.3, -0.25) is 4.79 Å². The summed E-state index contributed by atoms with van der Waals surface area (Å²) in [4.78, 5) is 35.8. The molecule has 2 aliphatic carbocycles.